The summed E-state index contributed by atoms with van der Waals surface area (Å²) < 4.78 is 18.2. The maximum atomic E-state index is 13.4. The smallest absolute Gasteiger partial charge is 0.251 e. The summed E-state index contributed by atoms with van der Waals surface area (Å²) in [7, 11) is 1.39. The Morgan fingerprint density at radius 2 is 2.29 bits per heavy atom. The first kappa shape index (κ1) is 12.4. The van der Waals surface area contributed by atoms with E-state index in [1.807, 2.05) is 0 Å². The number of hydrogen-bond donors (Lipinski definition) is 1. The molecule has 1 fully saturated rings. The summed E-state index contributed by atoms with van der Waals surface area (Å²) in [5.74, 6) is -0.629. The minimum atomic E-state index is -0.524. The van der Waals surface area contributed by atoms with Crippen LogP contribution in [0.3, 0.4) is 0 Å². The van der Waals surface area contributed by atoms with Gasteiger partial charge in [0.2, 0.25) is 0 Å². The van der Waals surface area contributed by atoms with Crippen molar-refractivity contribution < 1.29 is 13.9 Å². The van der Waals surface area contributed by atoms with Crippen molar-refractivity contribution in [2.75, 3.05) is 12.4 Å². The molecule has 0 aromatic heterocycles. The van der Waals surface area contributed by atoms with Crippen molar-refractivity contribution >= 4 is 21.8 Å². The average molecular weight is 302 g/mol. The van der Waals surface area contributed by atoms with Gasteiger partial charge in [0.05, 0.1) is 12.6 Å². The molecule has 5 heteroatoms. The summed E-state index contributed by atoms with van der Waals surface area (Å²) in [6, 6.07) is 4.21. The van der Waals surface area contributed by atoms with Gasteiger partial charge in [-0.25, -0.2) is 4.39 Å². The number of carbonyl (C=O) groups is 1. The van der Waals surface area contributed by atoms with Crippen molar-refractivity contribution in [1.82, 2.24) is 5.32 Å². The van der Waals surface area contributed by atoms with Crippen LogP contribution in [-0.2, 0) is 0 Å². The molecule has 1 saturated carbocycles. The van der Waals surface area contributed by atoms with Gasteiger partial charge in [0.1, 0.15) is 0 Å². The van der Waals surface area contributed by atoms with Gasteiger partial charge in [0, 0.05) is 10.9 Å². The summed E-state index contributed by atoms with van der Waals surface area (Å²) >= 11 is 3.36. The highest BCUT2D eigenvalue weighted by atomic mass is 79.9. The zero-order valence-corrected chi connectivity index (χ0v) is 11.0. The van der Waals surface area contributed by atoms with Crippen LogP contribution in [-0.4, -0.2) is 23.9 Å². The molecule has 1 aliphatic carbocycles. The van der Waals surface area contributed by atoms with Crippen molar-refractivity contribution in [3.8, 4) is 5.75 Å². The van der Waals surface area contributed by atoms with Crippen LogP contribution in [0.15, 0.2) is 18.2 Å². The van der Waals surface area contributed by atoms with Crippen molar-refractivity contribution in [2.45, 2.75) is 18.4 Å². The van der Waals surface area contributed by atoms with Gasteiger partial charge >= 0.3 is 0 Å². The first-order chi connectivity index (χ1) is 8.10. The quantitative estimate of drug-likeness (QED) is 0.868. The molecule has 1 aromatic rings. The van der Waals surface area contributed by atoms with Crippen LogP contribution in [0.2, 0.25) is 0 Å². The van der Waals surface area contributed by atoms with E-state index in [0.29, 0.717) is 5.56 Å². The van der Waals surface area contributed by atoms with E-state index in [1.165, 1.54) is 19.2 Å². The number of methoxy groups -OCH3 is 1. The minimum absolute atomic E-state index is 0.131. The second-order valence-corrected chi connectivity index (χ2v) is 4.78. The Morgan fingerprint density at radius 3 is 2.76 bits per heavy atom. The third-order valence-electron chi connectivity index (χ3n) is 2.90. The number of carbonyl (C=O) groups excluding carboxylic acids is 1. The van der Waals surface area contributed by atoms with E-state index in [9.17, 15) is 9.18 Å². The molecule has 0 atom stereocenters. The SMILES string of the molecule is COc1ccc(C(=O)NC2(CBr)CC2)cc1F. The number of halogens is 2. The average Bonchev–Trinajstić information content (AvgIpc) is 3.09. The number of alkyl halides is 1. The Morgan fingerprint density at radius 1 is 1.59 bits per heavy atom. The highest BCUT2D eigenvalue weighted by Gasteiger charge is 2.43. The topological polar surface area (TPSA) is 38.3 Å². The van der Waals surface area contributed by atoms with Gasteiger partial charge in [-0.05, 0) is 31.0 Å². The third-order valence-corrected chi connectivity index (χ3v) is 3.98. The molecule has 0 aliphatic heterocycles. The number of rotatable bonds is 4. The predicted octanol–water partition coefficient (Wildman–Crippen LogP) is 2.49. The van der Waals surface area contributed by atoms with Gasteiger partial charge in [-0.1, -0.05) is 15.9 Å². The first-order valence-corrected chi connectivity index (χ1v) is 6.44. The molecule has 92 valence electrons. The van der Waals surface area contributed by atoms with Gasteiger partial charge in [0.15, 0.2) is 11.6 Å². The monoisotopic (exact) mass is 301 g/mol. The summed E-state index contributed by atoms with van der Waals surface area (Å²) in [5, 5.41) is 3.63. The largest absolute Gasteiger partial charge is 0.494 e. The number of ether oxygens (including phenoxy) is 1. The zero-order chi connectivity index (χ0) is 12.5. The Labute approximate surface area is 107 Å². The van der Waals surface area contributed by atoms with E-state index >= 15 is 0 Å². The van der Waals surface area contributed by atoms with Crippen LogP contribution in [0, 0.1) is 5.82 Å². The van der Waals surface area contributed by atoms with Crippen molar-refractivity contribution in [3.63, 3.8) is 0 Å². The standard InChI is InChI=1S/C12H13BrFNO2/c1-17-10-3-2-8(6-9(10)14)11(16)15-12(7-13)4-5-12/h2-3,6H,4-5,7H2,1H3,(H,15,16). The van der Waals surface area contributed by atoms with Gasteiger partial charge in [-0.2, -0.15) is 0 Å². The third kappa shape index (κ3) is 2.60. The van der Waals surface area contributed by atoms with E-state index in [-0.39, 0.29) is 17.2 Å². The van der Waals surface area contributed by atoms with E-state index in [0.717, 1.165) is 18.2 Å². The molecule has 3 nitrogen and oxygen atoms in total. The molecule has 0 radical (unpaired) electrons. The molecule has 17 heavy (non-hydrogen) atoms. The summed E-state index contributed by atoms with van der Waals surface area (Å²) in [5.41, 5.74) is 0.184. The van der Waals surface area contributed by atoms with Crippen LogP contribution in [0.1, 0.15) is 23.2 Å². The summed E-state index contributed by atoms with van der Waals surface area (Å²) in [6.07, 6.45) is 1.92. The fourth-order valence-corrected chi connectivity index (χ4v) is 2.26. The Kier molecular flexibility index (Phi) is 3.38. The molecule has 1 aliphatic rings. The van der Waals surface area contributed by atoms with Crippen molar-refractivity contribution in [2.24, 2.45) is 0 Å². The molecular weight excluding hydrogens is 289 g/mol. The molecule has 1 amide bonds. The summed E-state index contributed by atoms with van der Waals surface area (Å²) in [4.78, 5) is 11.9. The van der Waals surface area contributed by atoms with Crippen molar-refractivity contribution in [1.29, 1.82) is 0 Å². The second-order valence-electron chi connectivity index (χ2n) is 4.22. The normalized spacial score (nSPS) is 16.4. The lowest BCUT2D eigenvalue weighted by Gasteiger charge is -2.14. The fourth-order valence-electron chi connectivity index (χ4n) is 1.56. The zero-order valence-electron chi connectivity index (χ0n) is 9.43. The van der Waals surface area contributed by atoms with Gasteiger partial charge in [-0.3, -0.25) is 4.79 Å². The van der Waals surface area contributed by atoms with Crippen molar-refractivity contribution in [3.05, 3.63) is 29.6 Å². The van der Waals surface area contributed by atoms with Crippen LogP contribution in [0.4, 0.5) is 4.39 Å². The van der Waals surface area contributed by atoms with Crippen LogP contribution in [0.5, 0.6) is 5.75 Å². The van der Waals surface area contributed by atoms with Gasteiger partial charge < -0.3 is 10.1 Å². The highest BCUT2D eigenvalue weighted by Crippen LogP contribution is 2.37. The van der Waals surface area contributed by atoms with Gasteiger partial charge in [0.25, 0.3) is 5.91 Å². The van der Waals surface area contributed by atoms with Gasteiger partial charge in [-0.15, -0.1) is 0 Å². The van der Waals surface area contributed by atoms with E-state index in [2.05, 4.69) is 21.2 Å². The summed E-state index contributed by atoms with van der Waals surface area (Å²) in [6.45, 7) is 0. The Balaban J connectivity index is 2.12. The number of hydrogen-bond acceptors (Lipinski definition) is 2. The highest BCUT2D eigenvalue weighted by molar-refractivity contribution is 9.09. The predicted molar refractivity (Wildman–Crippen MR) is 66.2 cm³/mol. The van der Waals surface area contributed by atoms with Crippen LogP contribution in [0.25, 0.3) is 0 Å². The lowest BCUT2D eigenvalue weighted by atomic mass is 10.2. The van der Waals surface area contributed by atoms with E-state index in [4.69, 9.17) is 4.74 Å². The molecule has 0 spiro atoms. The number of benzene rings is 1. The van der Waals surface area contributed by atoms with Crippen LogP contribution < -0.4 is 10.1 Å². The van der Waals surface area contributed by atoms with E-state index in [1.54, 1.807) is 6.07 Å². The Bertz CT molecular complexity index is 446. The molecule has 1 N–H and O–H groups in total. The lowest BCUT2D eigenvalue weighted by molar-refractivity contribution is 0.0936. The maximum absolute atomic E-state index is 13.4. The lowest BCUT2D eigenvalue weighted by Crippen LogP contribution is -2.38. The minimum Gasteiger partial charge on any atom is -0.494 e. The van der Waals surface area contributed by atoms with E-state index < -0.39 is 5.82 Å². The Hall–Kier alpha value is -1.10. The molecule has 0 unspecified atom stereocenters. The molecule has 2 rings (SSSR count). The molecule has 0 bridgehead atoms. The number of nitrogens with one attached hydrogen (secondary N) is 1. The molecule has 0 saturated heterocycles. The molecular formula is C12H13BrFNO2. The number of amides is 1. The van der Waals surface area contributed by atoms with Crippen LogP contribution >= 0.6 is 15.9 Å². The molecule has 1 aromatic carbocycles. The second kappa shape index (κ2) is 4.64. The molecule has 0 heterocycles. The maximum Gasteiger partial charge on any atom is 0.251 e. The first-order valence-electron chi connectivity index (χ1n) is 5.32. The fraction of sp³-hybridized carbons (Fsp3) is 0.417.